The van der Waals surface area contributed by atoms with Crippen molar-refractivity contribution < 1.29 is 17.2 Å². The summed E-state index contributed by atoms with van der Waals surface area (Å²) in [5.41, 5.74) is 0. The minimum atomic E-state index is -4.34. The molecule has 0 heterocycles. The summed E-state index contributed by atoms with van der Waals surface area (Å²) < 4.78 is 34.8. The first-order valence-electron chi connectivity index (χ1n) is 9.28. The van der Waals surface area contributed by atoms with Crippen molar-refractivity contribution in [3.05, 3.63) is 12.2 Å². The Morgan fingerprint density at radius 2 is 1.48 bits per heavy atom. The maximum Gasteiger partial charge on any atom is 0.397 e. The highest BCUT2D eigenvalue weighted by Gasteiger charge is 2.11. The van der Waals surface area contributed by atoms with E-state index in [1.165, 1.54) is 57.8 Å². The van der Waals surface area contributed by atoms with Gasteiger partial charge in [0.1, 0.15) is 0 Å². The predicted molar refractivity (Wildman–Crippen MR) is 96.9 cm³/mol. The summed E-state index contributed by atoms with van der Waals surface area (Å²) in [5.74, 6) is 0.0641. The standard InChI is InChI=1S/C18H36O4S/c1-3-5-7-9-11-13-15-18(17-22-23(19,20)21)16-14-12-10-8-6-4-2/h13,15,18H,3-12,14,16-17H2,1-2H3,(H,19,20,21)/b15-13+. The summed E-state index contributed by atoms with van der Waals surface area (Å²) in [6.07, 6.45) is 18.3. The van der Waals surface area contributed by atoms with E-state index in [2.05, 4.69) is 30.2 Å². The zero-order valence-corrected chi connectivity index (χ0v) is 15.8. The topological polar surface area (TPSA) is 63.6 Å². The molecule has 0 aliphatic heterocycles. The Bertz CT molecular complexity index is 376. The Hall–Kier alpha value is -0.390. The van der Waals surface area contributed by atoms with Crippen molar-refractivity contribution in [2.45, 2.75) is 90.9 Å². The fourth-order valence-corrected chi connectivity index (χ4v) is 2.92. The lowest BCUT2D eigenvalue weighted by molar-refractivity contribution is 0.234. The van der Waals surface area contributed by atoms with Gasteiger partial charge in [-0.1, -0.05) is 83.8 Å². The molecule has 0 aromatic rings. The average molecular weight is 349 g/mol. The lowest BCUT2D eigenvalue weighted by Gasteiger charge is -2.12. The van der Waals surface area contributed by atoms with Gasteiger partial charge in [-0.25, -0.2) is 4.18 Å². The Kier molecular flexibility index (Phi) is 14.9. The lowest BCUT2D eigenvalue weighted by atomic mass is 10.00. The van der Waals surface area contributed by atoms with E-state index in [4.69, 9.17) is 4.55 Å². The zero-order valence-electron chi connectivity index (χ0n) is 15.0. The van der Waals surface area contributed by atoms with Crippen LogP contribution < -0.4 is 0 Å². The zero-order chi connectivity index (χ0) is 17.4. The van der Waals surface area contributed by atoms with Gasteiger partial charge in [0.2, 0.25) is 0 Å². The maximum absolute atomic E-state index is 10.7. The van der Waals surface area contributed by atoms with Gasteiger partial charge in [-0.2, -0.15) is 8.42 Å². The molecule has 5 heteroatoms. The van der Waals surface area contributed by atoms with Crippen LogP contribution in [0.5, 0.6) is 0 Å². The molecule has 0 aliphatic rings. The average Bonchev–Trinajstić information content (AvgIpc) is 2.49. The van der Waals surface area contributed by atoms with Gasteiger partial charge < -0.3 is 0 Å². The summed E-state index contributed by atoms with van der Waals surface area (Å²) in [6.45, 7) is 4.44. The minimum Gasteiger partial charge on any atom is -0.264 e. The highest BCUT2D eigenvalue weighted by atomic mass is 32.3. The van der Waals surface area contributed by atoms with E-state index in [0.29, 0.717) is 0 Å². The molecule has 138 valence electrons. The molecule has 0 radical (unpaired) electrons. The molecule has 1 N–H and O–H groups in total. The molecule has 1 atom stereocenters. The SMILES string of the molecule is CCCCCC/C=C/C(CCCCCCCC)COS(=O)(=O)O. The molecule has 0 saturated carbocycles. The van der Waals surface area contributed by atoms with Crippen molar-refractivity contribution in [1.29, 1.82) is 0 Å². The summed E-state index contributed by atoms with van der Waals surface area (Å²) in [6, 6.07) is 0. The molecule has 23 heavy (non-hydrogen) atoms. The fraction of sp³-hybridized carbons (Fsp3) is 0.889. The number of unbranched alkanes of at least 4 members (excludes halogenated alkanes) is 9. The van der Waals surface area contributed by atoms with Gasteiger partial charge in [0.25, 0.3) is 0 Å². The van der Waals surface area contributed by atoms with Crippen molar-refractivity contribution in [2.75, 3.05) is 6.61 Å². The van der Waals surface area contributed by atoms with Gasteiger partial charge >= 0.3 is 10.4 Å². The normalized spacial score (nSPS) is 13.7. The first-order valence-corrected chi connectivity index (χ1v) is 10.6. The Morgan fingerprint density at radius 1 is 0.913 bits per heavy atom. The van der Waals surface area contributed by atoms with Gasteiger partial charge in [-0.05, 0) is 19.3 Å². The highest BCUT2D eigenvalue weighted by Crippen LogP contribution is 2.16. The molecule has 0 bridgehead atoms. The second kappa shape index (κ2) is 15.2. The third-order valence-electron chi connectivity index (χ3n) is 3.99. The molecule has 1 unspecified atom stereocenters. The Labute approximate surface area is 143 Å². The van der Waals surface area contributed by atoms with Crippen LogP contribution in [-0.2, 0) is 14.6 Å². The molecule has 0 rings (SSSR count). The summed E-state index contributed by atoms with van der Waals surface area (Å²) in [4.78, 5) is 0. The van der Waals surface area contributed by atoms with E-state index in [9.17, 15) is 8.42 Å². The van der Waals surface area contributed by atoms with Crippen LogP contribution in [0.25, 0.3) is 0 Å². The van der Waals surface area contributed by atoms with Crippen LogP contribution in [0.4, 0.5) is 0 Å². The van der Waals surface area contributed by atoms with E-state index in [1.54, 1.807) is 0 Å². The molecule has 0 saturated heterocycles. The third kappa shape index (κ3) is 17.8. The van der Waals surface area contributed by atoms with Gasteiger partial charge in [-0.3, -0.25) is 4.55 Å². The van der Waals surface area contributed by atoms with Crippen LogP contribution in [0.2, 0.25) is 0 Å². The van der Waals surface area contributed by atoms with Crippen LogP contribution in [0.3, 0.4) is 0 Å². The van der Waals surface area contributed by atoms with E-state index < -0.39 is 10.4 Å². The van der Waals surface area contributed by atoms with Crippen molar-refractivity contribution in [1.82, 2.24) is 0 Å². The van der Waals surface area contributed by atoms with Crippen molar-refractivity contribution in [3.63, 3.8) is 0 Å². The van der Waals surface area contributed by atoms with Gasteiger partial charge in [0, 0.05) is 5.92 Å². The number of allylic oxidation sites excluding steroid dienone is 1. The molecular weight excluding hydrogens is 312 g/mol. The highest BCUT2D eigenvalue weighted by molar-refractivity contribution is 7.80. The molecule has 0 fully saturated rings. The van der Waals surface area contributed by atoms with E-state index >= 15 is 0 Å². The number of hydrogen-bond acceptors (Lipinski definition) is 3. The van der Waals surface area contributed by atoms with Crippen molar-refractivity contribution >= 4 is 10.4 Å². The molecule has 0 spiro atoms. The minimum absolute atomic E-state index is 0.0409. The quantitative estimate of drug-likeness (QED) is 0.221. The monoisotopic (exact) mass is 348 g/mol. The fourth-order valence-electron chi connectivity index (χ4n) is 2.57. The van der Waals surface area contributed by atoms with Crippen LogP contribution in [0.15, 0.2) is 12.2 Å². The number of hydrogen-bond donors (Lipinski definition) is 1. The summed E-state index contributed by atoms with van der Waals surface area (Å²) in [7, 11) is -4.34. The van der Waals surface area contributed by atoms with Crippen molar-refractivity contribution in [3.8, 4) is 0 Å². The Morgan fingerprint density at radius 3 is 2.09 bits per heavy atom. The first-order chi connectivity index (χ1) is 11.0. The second-order valence-electron chi connectivity index (χ2n) is 6.31. The molecule has 0 aromatic heterocycles. The van der Waals surface area contributed by atoms with Gasteiger partial charge in [-0.15, -0.1) is 0 Å². The second-order valence-corrected chi connectivity index (χ2v) is 7.40. The van der Waals surface area contributed by atoms with Crippen LogP contribution >= 0.6 is 0 Å². The van der Waals surface area contributed by atoms with Crippen LogP contribution in [-0.4, -0.2) is 19.6 Å². The Balaban J connectivity index is 4.04. The first kappa shape index (κ1) is 22.6. The van der Waals surface area contributed by atoms with Gasteiger partial charge in [0.05, 0.1) is 6.61 Å². The molecule has 0 aromatic carbocycles. The van der Waals surface area contributed by atoms with E-state index in [0.717, 1.165) is 19.3 Å². The summed E-state index contributed by atoms with van der Waals surface area (Å²) >= 11 is 0. The third-order valence-corrected chi connectivity index (χ3v) is 4.43. The largest absolute Gasteiger partial charge is 0.397 e. The van der Waals surface area contributed by atoms with Crippen molar-refractivity contribution in [2.24, 2.45) is 5.92 Å². The lowest BCUT2D eigenvalue weighted by Crippen LogP contribution is -2.12. The van der Waals surface area contributed by atoms with Crippen LogP contribution in [0.1, 0.15) is 90.9 Å². The van der Waals surface area contributed by atoms with E-state index in [-0.39, 0.29) is 12.5 Å². The summed E-state index contributed by atoms with van der Waals surface area (Å²) in [5, 5.41) is 0. The molecular formula is C18H36O4S. The number of rotatable bonds is 16. The van der Waals surface area contributed by atoms with Crippen LogP contribution in [0, 0.1) is 5.92 Å². The molecule has 0 aliphatic carbocycles. The predicted octanol–water partition coefficient (Wildman–Crippen LogP) is 5.70. The molecule has 4 nitrogen and oxygen atoms in total. The maximum atomic E-state index is 10.7. The molecule has 0 amide bonds. The van der Waals surface area contributed by atoms with Gasteiger partial charge in [0.15, 0.2) is 0 Å². The smallest absolute Gasteiger partial charge is 0.264 e. The van der Waals surface area contributed by atoms with E-state index in [1.807, 2.05) is 0 Å².